The number of ether oxygens (including phenoxy) is 2. The van der Waals surface area contributed by atoms with Gasteiger partial charge in [0.05, 0.1) is 24.9 Å². The van der Waals surface area contributed by atoms with E-state index in [1.807, 2.05) is 0 Å². The summed E-state index contributed by atoms with van der Waals surface area (Å²) >= 11 is 6.14. The summed E-state index contributed by atoms with van der Waals surface area (Å²) in [6.45, 7) is 6.20. The fourth-order valence-corrected chi connectivity index (χ4v) is 4.67. The topological polar surface area (TPSA) is 97.0 Å². The van der Waals surface area contributed by atoms with Gasteiger partial charge in [-0.25, -0.2) is 4.79 Å². The zero-order valence-corrected chi connectivity index (χ0v) is 19.4. The second kappa shape index (κ2) is 8.57. The van der Waals surface area contributed by atoms with Gasteiger partial charge in [0, 0.05) is 6.07 Å². The first-order chi connectivity index (χ1) is 14.5. The number of amides is 4. The highest BCUT2D eigenvalue weighted by Crippen LogP contribution is 2.43. The van der Waals surface area contributed by atoms with Crippen molar-refractivity contribution in [3.8, 4) is 11.5 Å². The van der Waals surface area contributed by atoms with Crippen LogP contribution in [0.25, 0.3) is 0 Å². The van der Waals surface area contributed by atoms with E-state index < -0.39 is 17.5 Å². The molecule has 1 aliphatic carbocycles. The van der Waals surface area contributed by atoms with Crippen LogP contribution in [0.3, 0.4) is 0 Å². The average Bonchev–Trinajstić information content (AvgIpc) is 2.92. The van der Waals surface area contributed by atoms with Crippen molar-refractivity contribution >= 4 is 35.1 Å². The third-order valence-corrected chi connectivity index (χ3v) is 6.65. The second-order valence-electron chi connectivity index (χ2n) is 9.28. The number of urea groups is 1. The summed E-state index contributed by atoms with van der Waals surface area (Å²) in [6.07, 6.45) is 2.88. The van der Waals surface area contributed by atoms with E-state index >= 15 is 0 Å². The highest BCUT2D eigenvalue weighted by molar-refractivity contribution is 6.32. The summed E-state index contributed by atoms with van der Waals surface area (Å²) in [7, 11) is 2.93. The van der Waals surface area contributed by atoms with Crippen molar-refractivity contribution in [2.45, 2.75) is 52.0 Å². The summed E-state index contributed by atoms with van der Waals surface area (Å²) in [6, 6.07) is 2.51. The Bertz CT molecular complexity index is 888. The molecule has 1 saturated heterocycles. The number of hydrogen-bond acceptors (Lipinski definition) is 5. The highest BCUT2D eigenvalue weighted by atomic mass is 35.5. The Balaban J connectivity index is 1.68. The van der Waals surface area contributed by atoms with Crippen molar-refractivity contribution in [2.75, 3.05) is 26.1 Å². The van der Waals surface area contributed by atoms with Gasteiger partial charge in [-0.15, -0.1) is 0 Å². The largest absolute Gasteiger partial charge is 0.495 e. The zero-order chi connectivity index (χ0) is 23.0. The molecule has 0 atom stereocenters. The lowest BCUT2D eigenvalue weighted by Crippen LogP contribution is -2.50. The number of methoxy groups -OCH3 is 2. The van der Waals surface area contributed by atoms with Gasteiger partial charge in [0.1, 0.15) is 23.6 Å². The Labute approximate surface area is 187 Å². The van der Waals surface area contributed by atoms with E-state index in [1.54, 1.807) is 6.07 Å². The average molecular weight is 452 g/mol. The van der Waals surface area contributed by atoms with Crippen molar-refractivity contribution in [1.82, 2.24) is 10.2 Å². The molecule has 1 aliphatic heterocycles. The first kappa shape index (κ1) is 23.2. The predicted octanol–water partition coefficient (Wildman–Crippen LogP) is 3.82. The Morgan fingerprint density at radius 2 is 1.81 bits per heavy atom. The predicted molar refractivity (Wildman–Crippen MR) is 118 cm³/mol. The fraction of sp³-hybridized carbons (Fsp3) is 0.591. The molecular weight excluding hydrogens is 422 g/mol. The Morgan fingerprint density at radius 1 is 1.19 bits per heavy atom. The first-order valence-electron chi connectivity index (χ1n) is 10.4. The number of imide groups is 1. The number of rotatable bonds is 5. The van der Waals surface area contributed by atoms with Crippen molar-refractivity contribution < 1.29 is 23.9 Å². The number of carbonyl (C=O) groups is 3. The van der Waals surface area contributed by atoms with E-state index in [4.69, 9.17) is 21.1 Å². The number of nitrogens with one attached hydrogen (secondary N) is 2. The van der Waals surface area contributed by atoms with E-state index in [1.165, 1.54) is 20.3 Å². The number of hydrogen-bond donors (Lipinski definition) is 2. The lowest BCUT2D eigenvalue weighted by Gasteiger charge is -2.40. The van der Waals surface area contributed by atoms with Crippen LogP contribution in [0.5, 0.6) is 11.5 Å². The van der Waals surface area contributed by atoms with Crippen LogP contribution in [0.1, 0.15) is 46.5 Å². The number of nitrogens with zero attached hydrogens (tertiary/aromatic N) is 1. The molecular formula is C22H30ClN3O5. The van der Waals surface area contributed by atoms with Crippen molar-refractivity contribution in [1.29, 1.82) is 0 Å². The quantitative estimate of drug-likeness (QED) is 0.663. The maximum Gasteiger partial charge on any atom is 0.325 e. The molecule has 1 aromatic carbocycles. The Morgan fingerprint density at radius 3 is 2.35 bits per heavy atom. The Kier molecular flexibility index (Phi) is 6.41. The lowest BCUT2D eigenvalue weighted by atomic mass is 9.67. The lowest BCUT2D eigenvalue weighted by molar-refractivity contribution is -0.135. The minimum absolute atomic E-state index is 0.158. The normalized spacial score (nSPS) is 23.7. The van der Waals surface area contributed by atoms with Gasteiger partial charge in [-0.2, -0.15) is 0 Å². The van der Waals surface area contributed by atoms with Crippen molar-refractivity contribution in [2.24, 2.45) is 11.3 Å². The molecule has 1 saturated carbocycles. The van der Waals surface area contributed by atoms with Crippen LogP contribution in [0, 0.1) is 11.3 Å². The maximum atomic E-state index is 13.1. The molecule has 0 aromatic heterocycles. The number of carbonyl (C=O) groups excluding carboxylic acids is 3. The maximum absolute atomic E-state index is 13.1. The number of benzene rings is 1. The van der Waals surface area contributed by atoms with E-state index in [-0.39, 0.29) is 17.9 Å². The van der Waals surface area contributed by atoms with Crippen LogP contribution in [-0.2, 0) is 9.59 Å². The number of halogens is 1. The summed E-state index contributed by atoms with van der Waals surface area (Å²) in [5, 5.41) is 5.81. The van der Waals surface area contributed by atoms with Gasteiger partial charge in [-0.3, -0.25) is 14.5 Å². The van der Waals surface area contributed by atoms with Crippen LogP contribution in [-0.4, -0.2) is 49.0 Å². The van der Waals surface area contributed by atoms with Gasteiger partial charge in [0.2, 0.25) is 5.91 Å². The molecule has 8 nitrogen and oxygen atoms in total. The van der Waals surface area contributed by atoms with Gasteiger partial charge in [0.25, 0.3) is 5.91 Å². The first-order valence-corrected chi connectivity index (χ1v) is 10.7. The van der Waals surface area contributed by atoms with Crippen LogP contribution in [0.15, 0.2) is 12.1 Å². The molecule has 1 heterocycles. The fourth-order valence-electron chi connectivity index (χ4n) is 4.43. The van der Waals surface area contributed by atoms with Gasteiger partial charge < -0.3 is 20.1 Å². The van der Waals surface area contributed by atoms with Gasteiger partial charge in [-0.05, 0) is 43.1 Å². The monoisotopic (exact) mass is 451 g/mol. The van der Waals surface area contributed by atoms with E-state index in [0.717, 1.165) is 17.7 Å². The molecule has 0 bridgehead atoms. The smallest absolute Gasteiger partial charge is 0.325 e. The van der Waals surface area contributed by atoms with Crippen molar-refractivity contribution in [3.63, 3.8) is 0 Å². The molecule has 31 heavy (non-hydrogen) atoms. The van der Waals surface area contributed by atoms with Gasteiger partial charge in [-0.1, -0.05) is 32.4 Å². The molecule has 0 unspecified atom stereocenters. The van der Waals surface area contributed by atoms with E-state index in [9.17, 15) is 14.4 Å². The van der Waals surface area contributed by atoms with E-state index in [2.05, 4.69) is 31.4 Å². The molecule has 1 aromatic rings. The van der Waals surface area contributed by atoms with Gasteiger partial charge >= 0.3 is 6.03 Å². The molecule has 2 fully saturated rings. The molecule has 0 radical (unpaired) electrons. The molecule has 9 heteroatoms. The molecule has 1 spiro atoms. The minimum atomic E-state index is -0.903. The van der Waals surface area contributed by atoms with Crippen LogP contribution in [0.4, 0.5) is 10.5 Å². The third kappa shape index (κ3) is 4.59. The second-order valence-corrected chi connectivity index (χ2v) is 9.69. The molecule has 2 N–H and O–H groups in total. The van der Waals surface area contributed by atoms with Crippen molar-refractivity contribution in [3.05, 3.63) is 17.2 Å². The SMILES string of the molecule is COc1cc(OC)c(NC(=O)CN2C(=O)NC3(CCC(C(C)(C)C)CC3)C2=O)cc1Cl. The zero-order valence-electron chi connectivity index (χ0n) is 18.6. The minimum Gasteiger partial charge on any atom is -0.495 e. The van der Waals surface area contributed by atoms with Crippen LogP contribution < -0.4 is 20.1 Å². The highest BCUT2D eigenvalue weighted by Gasteiger charge is 2.53. The molecule has 3 rings (SSSR count). The third-order valence-electron chi connectivity index (χ3n) is 6.36. The van der Waals surface area contributed by atoms with Gasteiger partial charge in [0.15, 0.2) is 0 Å². The molecule has 2 aliphatic rings. The van der Waals surface area contributed by atoms with Crippen LogP contribution >= 0.6 is 11.6 Å². The Hall–Kier alpha value is -2.48. The standard InChI is InChI=1S/C22H30ClN3O5/c1-21(2,3)13-6-8-22(9-7-13)19(28)26(20(29)25-22)12-18(27)24-15-10-14(23)16(30-4)11-17(15)31-5/h10-11,13H,6-9,12H2,1-5H3,(H,24,27)(H,25,29). The van der Waals surface area contributed by atoms with E-state index in [0.29, 0.717) is 41.0 Å². The number of anilines is 1. The molecule has 4 amide bonds. The summed E-state index contributed by atoms with van der Waals surface area (Å²) in [5.74, 6) is 0.387. The van der Waals surface area contributed by atoms with Crippen LogP contribution in [0.2, 0.25) is 5.02 Å². The summed E-state index contributed by atoms with van der Waals surface area (Å²) < 4.78 is 10.4. The summed E-state index contributed by atoms with van der Waals surface area (Å²) in [4.78, 5) is 39.3. The summed E-state index contributed by atoms with van der Waals surface area (Å²) in [5.41, 5.74) is -0.420. The molecule has 170 valence electrons.